The van der Waals surface area contributed by atoms with Crippen molar-refractivity contribution in [3.63, 3.8) is 0 Å². The highest BCUT2D eigenvalue weighted by molar-refractivity contribution is 7.97. The first-order valence-electron chi connectivity index (χ1n) is 9.42. The van der Waals surface area contributed by atoms with Crippen LogP contribution in [0.25, 0.3) is 11.0 Å². The molecule has 0 amide bonds. The summed E-state index contributed by atoms with van der Waals surface area (Å²) in [7, 11) is 2.10. The molecule has 4 nitrogen and oxygen atoms in total. The molecule has 1 heterocycles. The van der Waals surface area contributed by atoms with Crippen LogP contribution in [-0.4, -0.2) is 21.3 Å². The highest BCUT2D eigenvalue weighted by Crippen LogP contribution is 2.24. The van der Waals surface area contributed by atoms with Crippen molar-refractivity contribution in [2.45, 2.75) is 24.5 Å². The Hall–Kier alpha value is -2.60. The lowest BCUT2D eigenvalue weighted by Gasteiger charge is -2.14. The van der Waals surface area contributed by atoms with Crippen LogP contribution >= 0.6 is 11.9 Å². The summed E-state index contributed by atoms with van der Waals surface area (Å²) in [4.78, 5) is 9.29. The fourth-order valence-corrected chi connectivity index (χ4v) is 4.05. The first kappa shape index (κ1) is 18.7. The van der Waals surface area contributed by atoms with E-state index in [2.05, 4.69) is 81.2 Å². The van der Waals surface area contributed by atoms with Crippen molar-refractivity contribution in [3.8, 4) is 0 Å². The van der Waals surface area contributed by atoms with Crippen molar-refractivity contribution < 1.29 is 0 Å². The van der Waals surface area contributed by atoms with Crippen molar-refractivity contribution in [1.29, 1.82) is 0 Å². The average Bonchev–Trinajstić information content (AvgIpc) is 3.11. The zero-order chi connectivity index (χ0) is 19.2. The molecule has 3 aromatic carbocycles. The number of fused-ring (bicyclic) bond motifs is 1. The molecule has 4 aromatic rings. The molecule has 0 atom stereocenters. The minimum Gasteiger partial charge on any atom is -0.341 e. The summed E-state index contributed by atoms with van der Waals surface area (Å²) in [5.41, 5.74) is 4.70. The lowest BCUT2D eigenvalue weighted by molar-refractivity contribution is 0.546. The van der Waals surface area contributed by atoms with Crippen molar-refractivity contribution in [2.24, 2.45) is 0 Å². The molecular formula is C23H24N4S. The Labute approximate surface area is 170 Å². The average molecular weight is 389 g/mol. The van der Waals surface area contributed by atoms with Crippen LogP contribution < -0.4 is 5.32 Å². The molecule has 4 rings (SSSR count). The van der Waals surface area contributed by atoms with Gasteiger partial charge in [0.25, 0.3) is 0 Å². The summed E-state index contributed by atoms with van der Waals surface area (Å²) >= 11 is 1.74. The summed E-state index contributed by atoms with van der Waals surface area (Å²) in [6.07, 6.45) is 0. The van der Waals surface area contributed by atoms with Gasteiger partial charge in [0.2, 0.25) is 0 Å². The van der Waals surface area contributed by atoms with E-state index in [4.69, 9.17) is 0 Å². The van der Waals surface area contributed by atoms with Gasteiger partial charge in [0, 0.05) is 18.0 Å². The van der Waals surface area contributed by atoms with Gasteiger partial charge in [0.05, 0.1) is 17.6 Å². The molecule has 0 bridgehead atoms. The van der Waals surface area contributed by atoms with E-state index in [9.17, 15) is 0 Å². The van der Waals surface area contributed by atoms with E-state index >= 15 is 0 Å². The monoisotopic (exact) mass is 388 g/mol. The van der Waals surface area contributed by atoms with Crippen LogP contribution in [0.15, 0.2) is 83.8 Å². The fourth-order valence-electron chi connectivity index (χ4n) is 3.16. The van der Waals surface area contributed by atoms with E-state index < -0.39 is 0 Å². The molecule has 0 radical (unpaired) electrons. The Morgan fingerprint density at radius 2 is 1.64 bits per heavy atom. The third-order valence-electron chi connectivity index (χ3n) is 4.47. The summed E-state index contributed by atoms with van der Waals surface area (Å²) < 4.78 is 2.20. The highest BCUT2D eigenvalue weighted by Gasteiger charge is 2.08. The van der Waals surface area contributed by atoms with Crippen LogP contribution in [0.2, 0.25) is 0 Å². The van der Waals surface area contributed by atoms with Crippen LogP contribution in [0.4, 0.5) is 0 Å². The lowest BCUT2D eigenvalue weighted by Crippen LogP contribution is -2.13. The number of benzene rings is 3. The number of nitrogens with zero attached hydrogens (tertiary/aromatic N) is 2. The SMILES string of the molecule is CN(Cc1nc2ccccc2[nH]1)Sc1cccc(CNCc2ccccc2)c1. The maximum absolute atomic E-state index is 4.66. The van der Waals surface area contributed by atoms with Crippen LogP contribution in [0.1, 0.15) is 17.0 Å². The van der Waals surface area contributed by atoms with Crippen molar-refractivity contribution in [2.75, 3.05) is 7.05 Å². The normalized spacial score (nSPS) is 11.4. The van der Waals surface area contributed by atoms with E-state index in [-0.39, 0.29) is 0 Å². The van der Waals surface area contributed by atoms with Gasteiger partial charge in [-0.2, -0.15) is 0 Å². The molecule has 0 aliphatic carbocycles. The Morgan fingerprint density at radius 1 is 0.893 bits per heavy atom. The van der Waals surface area contributed by atoms with E-state index in [0.29, 0.717) is 0 Å². The van der Waals surface area contributed by atoms with Gasteiger partial charge in [-0.15, -0.1) is 0 Å². The van der Waals surface area contributed by atoms with Gasteiger partial charge in [-0.25, -0.2) is 9.29 Å². The summed E-state index contributed by atoms with van der Waals surface area (Å²) in [6, 6.07) is 27.3. The van der Waals surface area contributed by atoms with Crippen LogP contribution in [0.3, 0.4) is 0 Å². The number of para-hydroxylation sites is 2. The number of nitrogens with one attached hydrogen (secondary N) is 2. The molecule has 0 fully saturated rings. The second-order valence-electron chi connectivity index (χ2n) is 6.81. The quantitative estimate of drug-likeness (QED) is 0.417. The van der Waals surface area contributed by atoms with Crippen molar-refractivity contribution in [1.82, 2.24) is 19.6 Å². The number of aromatic amines is 1. The molecule has 142 valence electrons. The number of imidazole rings is 1. The molecule has 0 spiro atoms. The van der Waals surface area contributed by atoms with Crippen LogP contribution in [0.5, 0.6) is 0 Å². The van der Waals surface area contributed by atoms with E-state index in [1.807, 2.05) is 24.3 Å². The molecule has 1 aromatic heterocycles. The van der Waals surface area contributed by atoms with Crippen LogP contribution in [0, 0.1) is 0 Å². The van der Waals surface area contributed by atoms with E-state index in [0.717, 1.165) is 36.5 Å². The predicted molar refractivity (Wildman–Crippen MR) is 117 cm³/mol. The third kappa shape index (κ3) is 5.01. The zero-order valence-corrected chi connectivity index (χ0v) is 16.7. The number of rotatable bonds is 8. The Balaban J connectivity index is 1.32. The second kappa shape index (κ2) is 9.06. The minimum absolute atomic E-state index is 0.760. The number of hydrogen-bond donors (Lipinski definition) is 2. The van der Waals surface area contributed by atoms with Gasteiger partial charge in [0.1, 0.15) is 5.82 Å². The highest BCUT2D eigenvalue weighted by atomic mass is 32.2. The molecule has 0 aliphatic rings. The fraction of sp³-hybridized carbons (Fsp3) is 0.174. The smallest absolute Gasteiger partial charge is 0.122 e. The molecule has 2 N–H and O–H groups in total. The number of H-pyrrole nitrogens is 1. The van der Waals surface area contributed by atoms with E-state index in [1.54, 1.807) is 11.9 Å². The standard InChI is InChI=1S/C23H24N4S/c1-27(17-23-25-21-12-5-6-13-22(21)26-23)28-20-11-7-10-19(14-20)16-24-15-18-8-3-2-4-9-18/h2-14,24H,15-17H2,1H3,(H,25,26). The Bertz CT molecular complexity index is 996. The van der Waals surface area contributed by atoms with Gasteiger partial charge in [-0.3, -0.25) is 0 Å². The third-order valence-corrected chi connectivity index (χ3v) is 5.38. The number of aromatic nitrogens is 2. The predicted octanol–water partition coefficient (Wildman–Crippen LogP) is 4.99. The molecule has 0 saturated heterocycles. The lowest BCUT2D eigenvalue weighted by atomic mass is 10.2. The molecular weight excluding hydrogens is 364 g/mol. The second-order valence-corrected chi connectivity index (χ2v) is 8.09. The summed E-state index contributed by atoms with van der Waals surface area (Å²) in [5, 5.41) is 3.52. The van der Waals surface area contributed by atoms with Gasteiger partial charge >= 0.3 is 0 Å². The van der Waals surface area contributed by atoms with Gasteiger partial charge in [-0.05, 0) is 54.4 Å². The van der Waals surface area contributed by atoms with Gasteiger partial charge in [-0.1, -0.05) is 54.6 Å². The maximum Gasteiger partial charge on any atom is 0.122 e. The number of hydrogen-bond acceptors (Lipinski definition) is 4. The Morgan fingerprint density at radius 3 is 2.50 bits per heavy atom. The Kier molecular flexibility index (Phi) is 6.07. The van der Waals surface area contributed by atoms with E-state index in [1.165, 1.54) is 16.0 Å². The topological polar surface area (TPSA) is 44.0 Å². The van der Waals surface area contributed by atoms with Crippen molar-refractivity contribution in [3.05, 3.63) is 95.8 Å². The molecule has 0 saturated carbocycles. The maximum atomic E-state index is 4.66. The summed E-state index contributed by atoms with van der Waals surface area (Å²) in [5.74, 6) is 0.983. The molecule has 5 heteroatoms. The van der Waals surface area contributed by atoms with Crippen LogP contribution in [-0.2, 0) is 19.6 Å². The minimum atomic E-state index is 0.760. The first-order valence-corrected chi connectivity index (χ1v) is 10.2. The first-order chi connectivity index (χ1) is 13.8. The largest absolute Gasteiger partial charge is 0.341 e. The molecule has 28 heavy (non-hydrogen) atoms. The summed E-state index contributed by atoms with van der Waals surface area (Å²) in [6.45, 7) is 2.50. The molecule has 0 unspecified atom stereocenters. The zero-order valence-electron chi connectivity index (χ0n) is 15.9. The molecule has 0 aliphatic heterocycles. The van der Waals surface area contributed by atoms with Gasteiger partial charge in [0.15, 0.2) is 0 Å². The van der Waals surface area contributed by atoms with Gasteiger partial charge < -0.3 is 10.3 Å². The van der Waals surface area contributed by atoms with Crippen molar-refractivity contribution >= 4 is 23.0 Å².